The van der Waals surface area contributed by atoms with Gasteiger partial charge >= 0.3 is 0 Å². The molecule has 6 unspecified atom stereocenters. The number of nitrogens with zero attached hydrogens (tertiary/aromatic N) is 2. The maximum absolute atomic E-state index is 14.4. The van der Waals surface area contributed by atoms with Gasteiger partial charge in [0.1, 0.15) is 12.1 Å². The fourth-order valence-electron chi connectivity index (χ4n) is 5.68. The van der Waals surface area contributed by atoms with Gasteiger partial charge in [-0.25, -0.2) is 9.40 Å². The Morgan fingerprint density at radius 1 is 1.39 bits per heavy atom. The van der Waals surface area contributed by atoms with Crippen LogP contribution in [0.3, 0.4) is 0 Å². The number of nitrogens with two attached hydrogens (primary N) is 1. The van der Waals surface area contributed by atoms with Gasteiger partial charge in [0.2, 0.25) is 5.91 Å². The number of amides is 1. The van der Waals surface area contributed by atoms with Crippen molar-refractivity contribution in [3.63, 3.8) is 0 Å². The van der Waals surface area contributed by atoms with Crippen molar-refractivity contribution in [2.24, 2.45) is 28.0 Å². The van der Waals surface area contributed by atoms with Crippen LogP contribution in [-0.2, 0) is 4.79 Å². The maximum Gasteiger partial charge on any atom is 0.235 e. The number of fused-ring (bicyclic) bond motifs is 3. The smallest absolute Gasteiger partial charge is 0.235 e. The lowest BCUT2D eigenvalue weighted by Crippen LogP contribution is -2.55. The molecule has 0 aromatic rings. The minimum absolute atomic E-state index is 0.0899. The van der Waals surface area contributed by atoms with Gasteiger partial charge < -0.3 is 16.4 Å². The van der Waals surface area contributed by atoms with Crippen LogP contribution in [0.1, 0.15) is 40.0 Å². The number of nitrogens with one attached hydrogen (secondary N) is 4. The first-order chi connectivity index (χ1) is 14.7. The Morgan fingerprint density at radius 2 is 2.16 bits per heavy atom. The quantitative estimate of drug-likeness (QED) is 0.436. The van der Waals surface area contributed by atoms with E-state index in [1.807, 2.05) is 7.05 Å². The fraction of sp³-hybridized carbons (Fsp3) is 0.818. The van der Waals surface area contributed by atoms with Gasteiger partial charge in [-0.15, -0.1) is 0 Å². The summed E-state index contributed by atoms with van der Waals surface area (Å²) < 4.78 is 14.4. The number of carbonyl (C=O) groups excluding carboxylic acids is 1. The summed E-state index contributed by atoms with van der Waals surface area (Å²) >= 11 is 0. The van der Waals surface area contributed by atoms with E-state index in [0.717, 1.165) is 25.2 Å². The van der Waals surface area contributed by atoms with Crippen molar-refractivity contribution in [3.05, 3.63) is 11.3 Å². The van der Waals surface area contributed by atoms with Crippen LogP contribution in [0, 0.1) is 17.3 Å². The molecule has 0 aliphatic carbocycles. The number of hydrogen-bond acceptors (Lipinski definition) is 7. The molecule has 0 aromatic carbocycles. The number of rotatable bonds is 3. The summed E-state index contributed by atoms with van der Waals surface area (Å²) in [6, 6.07) is 0.231. The van der Waals surface area contributed by atoms with Gasteiger partial charge in [-0.1, -0.05) is 13.8 Å². The van der Waals surface area contributed by atoms with Crippen molar-refractivity contribution >= 4 is 11.6 Å². The van der Waals surface area contributed by atoms with Crippen LogP contribution in [0.25, 0.3) is 0 Å². The Hall–Kier alpha value is -1.39. The Morgan fingerprint density at radius 3 is 2.87 bits per heavy atom. The van der Waals surface area contributed by atoms with Gasteiger partial charge in [-0.05, 0) is 43.7 Å². The number of halogens is 1. The second kappa shape index (κ2) is 8.86. The number of carbonyl (C=O) groups is 1. The highest BCUT2D eigenvalue weighted by atomic mass is 19.1. The molecule has 2 bridgehead atoms. The first kappa shape index (κ1) is 22.8. The highest BCUT2D eigenvalue weighted by Crippen LogP contribution is 2.36. The van der Waals surface area contributed by atoms with E-state index in [1.54, 1.807) is 0 Å². The van der Waals surface area contributed by atoms with E-state index >= 15 is 0 Å². The van der Waals surface area contributed by atoms with Crippen molar-refractivity contribution in [1.82, 2.24) is 26.4 Å². The molecule has 8 nitrogen and oxygen atoms in total. The lowest BCUT2D eigenvalue weighted by Gasteiger charge is -2.35. The maximum atomic E-state index is 14.4. The average molecular weight is 436 g/mol. The second-order valence-electron chi connectivity index (χ2n) is 10.4. The van der Waals surface area contributed by atoms with Gasteiger partial charge in [-0.3, -0.25) is 20.5 Å². The number of hydrogen-bond donors (Lipinski definition) is 5. The van der Waals surface area contributed by atoms with Crippen molar-refractivity contribution in [3.8, 4) is 0 Å². The van der Waals surface area contributed by atoms with E-state index in [-0.39, 0.29) is 23.9 Å². The minimum Gasteiger partial charge on any atom is -0.328 e. The first-order valence-corrected chi connectivity index (χ1v) is 11.6. The molecule has 0 spiro atoms. The zero-order valence-electron chi connectivity index (χ0n) is 19.2. The largest absolute Gasteiger partial charge is 0.328 e. The van der Waals surface area contributed by atoms with Gasteiger partial charge in [0.25, 0.3) is 0 Å². The highest BCUT2D eigenvalue weighted by Gasteiger charge is 2.45. The van der Waals surface area contributed by atoms with E-state index < -0.39 is 18.3 Å². The van der Waals surface area contributed by atoms with Crippen LogP contribution in [0.15, 0.2) is 16.3 Å². The number of hydrazine groups is 1. The summed E-state index contributed by atoms with van der Waals surface area (Å²) in [7, 11) is 2.05. The summed E-state index contributed by atoms with van der Waals surface area (Å²) in [6.45, 7) is 8.95. The average Bonchev–Trinajstić information content (AvgIpc) is 3.00. The number of aliphatic imine (C=N–C) groups is 1. The Balaban J connectivity index is 1.60. The molecule has 174 valence electrons. The predicted molar refractivity (Wildman–Crippen MR) is 120 cm³/mol. The lowest BCUT2D eigenvalue weighted by atomic mass is 9.76. The molecule has 2 saturated heterocycles. The predicted octanol–water partition coefficient (Wildman–Crippen LogP) is 0.277. The third-order valence-corrected chi connectivity index (χ3v) is 7.44. The molecule has 4 heterocycles. The van der Waals surface area contributed by atoms with E-state index in [4.69, 9.17) is 5.73 Å². The van der Waals surface area contributed by atoms with Gasteiger partial charge in [0.05, 0.1) is 12.7 Å². The van der Waals surface area contributed by atoms with Crippen molar-refractivity contribution in [2.75, 3.05) is 33.2 Å². The molecular weight excluding hydrogens is 397 g/mol. The molecule has 2 fully saturated rings. The van der Waals surface area contributed by atoms with E-state index in [0.29, 0.717) is 37.1 Å². The summed E-state index contributed by atoms with van der Waals surface area (Å²) in [4.78, 5) is 18.1. The molecular formula is C22H38FN7O. The molecule has 4 aliphatic rings. The molecule has 1 amide bonds. The van der Waals surface area contributed by atoms with E-state index in [9.17, 15) is 9.18 Å². The summed E-state index contributed by atoms with van der Waals surface area (Å²) in [6.07, 6.45) is 0.308. The molecule has 4 aliphatic heterocycles. The van der Waals surface area contributed by atoms with Crippen LogP contribution in [0.4, 0.5) is 4.39 Å². The van der Waals surface area contributed by atoms with E-state index in [1.165, 1.54) is 5.57 Å². The SMILES string of the molecule is CC1NN(C)CC1C1=C(NC(=O)C2/C3=N/CC(F)CC(NC2N)C(C)(C)C3)CNCC1. The molecule has 31 heavy (non-hydrogen) atoms. The third-order valence-electron chi connectivity index (χ3n) is 7.44. The normalized spacial score (nSPS) is 40.6. The Bertz CT molecular complexity index is 767. The minimum atomic E-state index is -1.02. The van der Waals surface area contributed by atoms with Crippen LogP contribution in [-0.4, -0.2) is 74.3 Å². The summed E-state index contributed by atoms with van der Waals surface area (Å²) in [5.41, 5.74) is 12.7. The van der Waals surface area contributed by atoms with Crippen molar-refractivity contribution in [2.45, 2.75) is 64.5 Å². The van der Waals surface area contributed by atoms with Crippen LogP contribution >= 0.6 is 0 Å². The van der Waals surface area contributed by atoms with Gasteiger partial charge in [0, 0.05) is 49.5 Å². The van der Waals surface area contributed by atoms with Gasteiger partial charge in [0.15, 0.2) is 0 Å². The Kier molecular flexibility index (Phi) is 6.52. The summed E-state index contributed by atoms with van der Waals surface area (Å²) in [5.74, 6) is -0.392. The molecule has 0 saturated carbocycles. The second-order valence-corrected chi connectivity index (χ2v) is 10.4. The lowest BCUT2D eigenvalue weighted by molar-refractivity contribution is -0.123. The zero-order chi connectivity index (χ0) is 22.3. The van der Waals surface area contributed by atoms with Crippen molar-refractivity contribution in [1.29, 1.82) is 0 Å². The monoisotopic (exact) mass is 435 g/mol. The molecule has 9 heteroatoms. The molecule has 0 aromatic heterocycles. The summed E-state index contributed by atoms with van der Waals surface area (Å²) in [5, 5.41) is 12.1. The topological polar surface area (TPSA) is 107 Å². The zero-order valence-corrected chi connectivity index (χ0v) is 19.2. The van der Waals surface area contributed by atoms with Crippen LogP contribution in [0.2, 0.25) is 0 Å². The number of alkyl halides is 1. The van der Waals surface area contributed by atoms with E-state index in [2.05, 4.69) is 52.1 Å². The standard InChI is InChI=1S/C22H38FN7O/c1-12-15(11-30(4)29-12)14-5-6-25-10-17(14)27-21(31)19-16-8-22(2,3)18(28-20(19)24)7-13(23)9-26-16/h12-13,15,18-20,25,28-29H,5-11,24H2,1-4H3,(H,27,31)/b26-16+. The molecule has 4 rings (SSSR count). The van der Waals surface area contributed by atoms with Crippen LogP contribution in [0.5, 0.6) is 0 Å². The fourth-order valence-corrected chi connectivity index (χ4v) is 5.68. The Labute approximate surface area is 184 Å². The van der Waals surface area contributed by atoms with Crippen LogP contribution < -0.4 is 27.1 Å². The van der Waals surface area contributed by atoms with Gasteiger partial charge in [-0.2, -0.15) is 0 Å². The molecule has 6 atom stereocenters. The van der Waals surface area contributed by atoms with Crippen molar-refractivity contribution < 1.29 is 9.18 Å². The molecule has 6 N–H and O–H groups in total. The third kappa shape index (κ3) is 4.71. The first-order valence-electron chi connectivity index (χ1n) is 11.6. The molecule has 0 radical (unpaired) electrons. The highest BCUT2D eigenvalue weighted by molar-refractivity contribution is 6.06.